The van der Waals surface area contributed by atoms with Crippen molar-refractivity contribution in [2.45, 2.75) is 19.1 Å². The van der Waals surface area contributed by atoms with Crippen molar-refractivity contribution < 1.29 is 27.5 Å². The fraction of sp³-hybridized carbons (Fsp3) is 0.364. The number of methoxy groups -OCH3 is 2. The van der Waals surface area contributed by atoms with Gasteiger partial charge in [-0.25, -0.2) is 13.2 Å². The molecule has 1 aliphatic heterocycles. The maximum Gasteiger partial charge on any atom is 0.337 e. The van der Waals surface area contributed by atoms with E-state index in [1.165, 1.54) is 14.2 Å². The molecular weight excluding hydrogens is 456 g/mol. The summed E-state index contributed by atoms with van der Waals surface area (Å²) in [5.74, 6) is -1.31. The Kier molecular flexibility index (Phi) is 7.89. The summed E-state index contributed by atoms with van der Waals surface area (Å²) in [6, 6.07) is 12.7. The van der Waals surface area contributed by atoms with Crippen LogP contribution in [0.5, 0.6) is 0 Å². The highest BCUT2D eigenvalue weighted by atomic mass is 35.5. The average molecular weight is 481 g/mol. The molecule has 10 heteroatoms. The first-order chi connectivity index (χ1) is 15.2. The van der Waals surface area contributed by atoms with Gasteiger partial charge in [0.05, 0.1) is 25.5 Å². The van der Waals surface area contributed by atoms with Crippen molar-refractivity contribution in [3.8, 4) is 0 Å². The van der Waals surface area contributed by atoms with Crippen LogP contribution in [0.3, 0.4) is 0 Å². The van der Waals surface area contributed by atoms with Crippen molar-refractivity contribution in [1.82, 2.24) is 9.21 Å². The van der Waals surface area contributed by atoms with Gasteiger partial charge in [-0.2, -0.15) is 4.31 Å². The van der Waals surface area contributed by atoms with Gasteiger partial charge in [0.1, 0.15) is 6.04 Å². The zero-order valence-corrected chi connectivity index (χ0v) is 19.4. The highest BCUT2D eigenvalue weighted by Crippen LogP contribution is 2.22. The average Bonchev–Trinajstić information content (AvgIpc) is 2.91. The van der Waals surface area contributed by atoms with Crippen molar-refractivity contribution >= 4 is 33.6 Å². The summed E-state index contributed by atoms with van der Waals surface area (Å²) in [7, 11) is -1.27. The topological polar surface area (TPSA) is 93.2 Å². The molecular formula is C22H25ClN2O6S. The lowest BCUT2D eigenvalue weighted by atomic mass is 10.1. The number of rotatable bonds is 6. The van der Waals surface area contributed by atoms with E-state index in [1.807, 2.05) is 17.0 Å². The van der Waals surface area contributed by atoms with E-state index in [9.17, 15) is 18.0 Å². The second kappa shape index (κ2) is 10.4. The van der Waals surface area contributed by atoms with Gasteiger partial charge in [0.15, 0.2) is 0 Å². The standard InChI is InChI=1S/C22H25ClN2O6S/c1-30-21(26)18-5-3-4-17(12-18)14-25-20(22(27)31-2)15-24(10-11-32(25,28)29)13-16-6-8-19(23)9-7-16/h3-9,12,20H,10-11,13-15H2,1-2H3. The first-order valence-electron chi connectivity index (χ1n) is 9.95. The minimum absolute atomic E-state index is 0.0677. The molecule has 0 aliphatic carbocycles. The molecule has 8 nitrogen and oxygen atoms in total. The van der Waals surface area contributed by atoms with Gasteiger partial charge < -0.3 is 9.47 Å². The third-order valence-electron chi connectivity index (χ3n) is 5.28. The quantitative estimate of drug-likeness (QED) is 0.586. The number of esters is 2. The molecule has 1 aliphatic rings. The molecule has 0 spiro atoms. The minimum Gasteiger partial charge on any atom is -0.468 e. The van der Waals surface area contributed by atoms with E-state index < -0.39 is 28.0 Å². The molecule has 0 bridgehead atoms. The molecule has 1 atom stereocenters. The normalized spacial score (nSPS) is 19.2. The van der Waals surface area contributed by atoms with E-state index in [-0.39, 0.29) is 25.4 Å². The molecule has 32 heavy (non-hydrogen) atoms. The molecule has 3 rings (SSSR count). The van der Waals surface area contributed by atoms with Crippen molar-refractivity contribution in [2.24, 2.45) is 0 Å². The Balaban J connectivity index is 1.89. The first-order valence-corrected chi connectivity index (χ1v) is 11.9. The summed E-state index contributed by atoms with van der Waals surface area (Å²) in [4.78, 5) is 26.4. The van der Waals surface area contributed by atoms with Gasteiger partial charge in [-0.3, -0.25) is 9.69 Å². The summed E-state index contributed by atoms with van der Waals surface area (Å²) in [6.45, 7) is 0.829. The van der Waals surface area contributed by atoms with Gasteiger partial charge in [-0.1, -0.05) is 35.9 Å². The molecule has 1 fully saturated rings. The Morgan fingerprint density at radius 2 is 1.75 bits per heavy atom. The van der Waals surface area contributed by atoms with Crippen LogP contribution in [0.15, 0.2) is 48.5 Å². The number of benzene rings is 2. The summed E-state index contributed by atoms with van der Waals surface area (Å²) >= 11 is 5.95. The van der Waals surface area contributed by atoms with Crippen LogP contribution in [-0.2, 0) is 37.4 Å². The van der Waals surface area contributed by atoms with Gasteiger partial charge in [0.25, 0.3) is 0 Å². The van der Waals surface area contributed by atoms with E-state index in [0.29, 0.717) is 22.7 Å². The van der Waals surface area contributed by atoms with Crippen LogP contribution in [-0.4, -0.2) is 68.7 Å². The maximum absolute atomic E-state index is 13.1. The van der Waals surface area contributed by atoms with Gasteiger partial charge >= 0.3 is 11.9 Å². The molecule has 2 aromatic carbocycles. The van der Waals surface area contributed by atoms with Gasteiger partial charge in [-0.15, -0.1) is 0 Å². The van der Waals surface area contributed by atoms with Gasteiger partial charge in [0.2, 0.25) is 10.0 Å². The molecule has 0 N–H and O–H groups in total. The third kappa shape index (κ3) is 5.86. The van der Waals surface area contributed by atoms with E-state index >= 15 is 0 Å². The molecule has 0 radical (unpaired) electrons. The Morgan fingerprint density at radius 3 is 2.41 bits per heavy atom. The van der Waals surface area contributed by atoms with E-state index in [0.717, 1.165) is 9.87 Å². The molecule has 2 aromatic rings. The Morgan fingerprint density at radius 1 is 1.03 bits per heavy atom. The highest BCUT2D eigenvalue weighted by Gasteiger charge is 2.39. The lowest BCUT2D eigenvalue weighted by Crippen LogP contribution is -2.48. The maximum atomic E-state index is 13.1. The lowest BCUT2D eigenvalue weighted by Gasteiger charge is -2.28. The van der Waals surface area contributed by atoms with E-state index in [2.05, 4.69) is 0 Å². The van der Waals surface area contributed by atoms with Crippen molar-refractivity contribution in [2.75, 3.05) is 33.1 Å². The molecule has 1 saturated heterocycles. The molecule has 1 unspecified atom stereocenters. The number of hydrogen-bond donors (Lipinski definition) is 0. The minimum atomic E-state index is -3.78. The summed E-state index contributed by atoms with van der Waals surface area (Å²) in [6.07, 6.45) is 0. The molecule has 172 valence electrons. The Bertz CT molecular complexity index is 1070. The molecule has 0 amide bonds. The fourth-order valence-electron chi connectivity index (χ4n) is 3.61. The number of ether oxygens (including phenoxy) is 2. The first kappa shape index (κ1) is 24.2. The number of hydrogen-bond acceptors (Lipinski definition) is 7. The largest absolute Gasteiger partial charge is 0.468 e. The Labute approximate surface area is 192 Å². The molecule has 0 saturated carbocycles. The third-order valence-corrected chi connectivity index (χ3v) is 7.33. The lowest BCUT2D eigenvalue weighted by molar-refractivity contribution is -0.145. The van der Waals surface area contributed by atoms with Crippen molar-refractivity contribution in [1.29, 1.82) is 0 Å². The zero-order valence-electron chi connectivity index (χ0n) is 17.9. The van der Waals surface area contributed by atoms with Crippen LogP contribution in [0.4, 0.5) is 0 Å². The number of halogens is 1. The second-order valence-electron chi connectivity index (χ2n) is 7.45. The summed E-state index contributed by atoms with van der Waals surface area (Å²) in [5.41, 5.74) is 1.82. The summed E-state index contributed by atoms with van der Waals surface area (Å²) < 4.78 is 37.1. The number of carbonyl (C=O) groups is 2. The predicted molar refractivity (Wildman–Crippen MR) is 120 cm³/mol. The number of nitrogens with zero attached hydrogens (tertiary/aromatic N) is 2. The second-order valence-corrected chi connectivity index (χ2v) is 9.93. The van der Waals surface area contributed by atoms with Crippen LogP contribution in [0, 0.1) is 0 Å². The highest BCUT2D eigenvalue weighted by molar-refractivity contribution is 7.89. The van der Waals surface area contributed by atoms with Gasteiger partial charge in [-0.05, 0) is 35.4 Å². The predicted octanol–water partition coefficient (Wildman–Crippen LogP) is 2.32. The van der Waals surface area contributed by atoms with E-state index in [4.69, 9.17) is 21.1 Å². The SMILES string of the molecule is COC(=O)c1cccc(CN2C(C(=O)OC)CN(Cc3ccc(Cl)cc3)CCS2(=O)=O)c1. The van der Waals surface area contributed by atoms with Crippen LogP contribution in [0.2, 0.25) is 5.02 Å². The van der Waals surface area contributed by atoms with Crippen molar-refractivity contribution in [3.63, 3.8) is 0 Å². The van der Waals surface area contributed by atoms with Crippen LogP contribution in [0.1, 0.15) is 21.5 Å². The van der Waals surface area contributed by atoms with Crippen LogP contribution >= 0.6 is 11.6 Å². The van der Waals surface area contributed by atoms with E-state index in [1.54, 1.807) is 36.4 Å². The number of carbonyl (C=O) groups excluding carboxylic acids is 2. The molecule has 0 aromatic heterocycles. The van der Waals surface area contributed by atoms with Crippen molar-refractivity contribution in [3.05, 3.63) is 70.2 Å². The fourth-order valence-corrected chi connectivity index (χ4v) is 5.34. The van der Waals surface area contributed by atoms with Crippen LogP contribution in [0.25, 0.3) is 0 Å². The smallest absolute Gasteiger partial charge is 0.337 e. The molecule has 1 heterocycles. The Hall–Kier alpha value is -2.46. The number of sulfonamides is 1. The zero-order chi connectivity index (χ0) is 23.3. The van der Waals surface area contributed by atoms with Crippen LogP contribution < -0.4 is 0 Å². The van der Waals surface area contributed by atoms with Gasteiger partial charge in [0, 0.05) is 31.2 Å². The summed E-state index contributed by atoms with van der Waals surface area (Å²) in [5, 5.41) is 0.611. The monoisotopic (exact) mass is 480 g/mol.